The lowest BCUT2D eigenvalue weighted by atomic mass is 10.2. The first-order valence-corrected chi connectivity index (χ1v) is 6.25. The Morgan fingerprint density at radius 2 is 2.22 bits per heavy atom. The summed E-state index contributed by atoms with van der Waals surface area (Å²) in [5.74, 6) is 2.52. The third-order valence-electron chi connectivity index (χ3n) is 2.35. The van der Waals surface area contributed by atoms with Gasteiger partial charge in [-0.1, -0.05) is 29.8 Å². The zero-order chi connectivity index (χ0) is 13.2. The lowest BCUT2D eigenvalue weighted by Crippen LogP contribution is -2.30. The van der Waals surface area contributed by atoms with Gasteiger partial charge in [0, 0.05) is 24.5 Å². The van der Waals surface area contributed by atoms with Crippen LogP contribution in [0.4, 0.5) is 0 Å². The molecular formula is C14H18ClNO2. The number of hydrogen-bond acceptors (Lipinski definition) is 3. The average Bonchev–Trinajstić information content (AvgIpc) is 2.37. The first kappa shape index (κ1) is 15.0. The van der Waals surface area contributed by atoms with Crippen molar-refractivity contribution in [2.45, 2.75) is 19.1 Å². The van der Waals surface area contributed by atoms with E-state index in [0.29, 0.717) is 31.1 Å². The van der Waals surface area contributed by atoms with Crippen LogP contribution in [0.5, 0.6) is 0 Å². The highest BCUT2D eigenvalue weighted by Crippen LogP contribution is 2.15. The molecule has 0 saturated carbocycles. The number of ether oxygens (including phenoxy) is 1. The van der Waals surface area contributed by atoms with E-state index in [0.717, 1.165) is 5.56 Å². The number of nitrogens with one attached hydrogen (secondary N) is 1. The largest absolute Gasteiger partial charge is 0.389 e. The summed E-state index contributed by atoms with van der Waals surface area (Å²) in [4.78, 5) is 0. The molecular weight excluding hydrogens is 250 g/mol. The number of aliphatic hydroxyl groups is 1. The van der Waals surface area contributed by atoms with Crippen molar-refractivity contribution in [2.24, 2.45) is 0 Å². The third kappa shape index (κ3) is 6.04. The van der Waals surface area contributed by atoms with Crippen LogP contribution >= 0.6 is 11.6 Å². The van der Waals surface area contributed by atoms with E-state index in [9.17, 15) is 5.11 Å². The van der Waals surface area contributed by atoms with E-state index in [1.54, 1.807) is 0 Å². The second-order valence-corrected chi connectivity index (χ2v) is 4.33. The first-order valence-electron chi connectivity index (χ1n) is 5.87. The molecule has 0 radical (unpaired) electrons. The topological polar surface area (TPSA) is 41.5 Å². The molecule has 3 nitrogen and oxygen atoms in total. The average molecular weight is 268 g/mol. The maximum atomic E-state index is 9.62. The highest BCUT2D eigenvalue weighted by molar-refractivity contribution is 6.31. The zero-order valence-electron chi connectivity index (χ0n) is 10.2. The summed E-state index contributed by atoms with van der Waals surface area (Å²) in [6, 6.07) is 7.50. The zero-order valence-corrected chi connectivity index (χ0v) is 11.0. The van der Waals surface area contributed by atoms with Gasteiger partial charge in [0.15, 0.2) is 0 Å². The first-order chi connectivity index (χ1) is 8.74. The van der Waals surface area contributed by atoms with Crippen LogP contribution in [0.25, 0.3) is 0 Å². The van der Waals surface area contributed by atoms with Crippen LogP contribution in [0, 0.1) is 12.3 Å². The lowest BCUT2D eigenvalue weighted by Gasteiger charge is -2.12. The van der Waals surface area contributed by atoms with Crippen LogP contribution in [0.1, 0.15) is 12.0 Å². The highest BCUT2D eigenvalue weighted by Gasteiger charge is 2.04. The Balaban J connectivity index is 2.14. The molecule has 0 bridgehead atoms. The maximum Gasteiger partial charge on any atom is 0.0897 e. The summed E-state index contributed by atoms with van der Waals surface area (Å²) in [6.07, 6.45) is 5.24. The number of terminal acetylenes is 1. The summed E-state index contributed by atoms with van der Waals surface area (Å²) in [6.45, 7) is 1.86. The van der Waals surface area contributed by atoms with E-state index < -0.39 is 6.10 Å². The van der Waals surface area contributed by atoms with Gasteiger partial charge >= 0.3 is 0 Å². The fourth-order valence-corrected chi connectivity index (χ4v) is 1.60. The monoisotopic (exact) mass is 267 g/mol. The Kier molecular flexibility index (Phi) is 7.47. The van der Waals surface area contributed by atoms with Crippen LogP contribution in [0.3, 0.4) is 0 Å². The number of halogens is 1. The van der Waals surface area contributed by atoms with Crippen LogP contribution in [-0.2, 0) is 11.3 Å². The molecule has 0 amide bonds. The predicted octanol–water partition coefficient (Wildman–Crippen LogP) is 1.83. The van der Waals surface area contributed by atoms with Gasteiger partial charge in [0.1, 0.15) is 0 Å². The molecule has 0 aliphatic rings. The Morgan fingerprint density at radius 3 is 2.94 bits per heavy atom. The van der Waals surface area contributed by atoms with E-state index in [1.807, 2.05) is 24.3 Å². The summed E-state index contributed by atoms with van der Waals surface area (Å²) >= 11 is 5.98. The van der Waals surface area contributed by atoms with Crippen molar-refractivity contribution in [1.29, 1.82) is 0 Å². The van der Waals surface area contributed by atoms with Gasteiger partial charge in [-0.3, -0.25) is 0 Å². The minimum atomic E-state index is -0.537. The quantitative estimate of drug-likeness (QED) is 0.558. The molecule has 1 atom stereocenters. The van der Waals surface area contributed by atoms with E-state index in [1.165, 1.54) is 0 Å². The van der Waals surface area contributed by atoms with Crippen LogP contribution in [0.2, 0.25) is 5.02 Å². The number of hydrogen-bond donors (Lipinski definition) is 2. The molecule has 1 rings (SSSR count). The molecule has 0 heterocycles. The van der Waals surface area contributed by atoms with Crippen molar-refractivity contribution >= 4 is 11.6 Å². The van der Waals surface area contributed by atoms with Crippen molar-refractivity contribution in [2.75, 3.05) is 19.7 Å². The lowest BCUT2D eigenvalue weighted by molar-refractivity contribution is 0.0290. The molecule has 0 saturated heterocycles. The van der Waals surface area contributed by atoms with Gasteiger partial charge in [-0.05, 0) is 11.6 Å². The molecule has 0 spiro atoms. The van der Waals surface area contributed by atoms with Crippen molar-refractivity contribution in [3.63, 3.8) is 0 Å². The Bertz CT molecular complexity index is 390. The van der Waals surface area contributed by atoms with Crippen molar-refractivity contribution in [3.05, 3.63) is 34.9 Å². The molecule has 1 unspecified atom stereocenters. The maximum absolute atomic E-state index is 9.62. The summed E-state index contributed by atoms with van der Waals surface area (Å²) < 4.78 is 5.40. The Labute approximate surface area is 113 Å². The van der Waals surface area contributed by atoms with Crippen molar-refractivity contribution < 1.29 is 9.84 Å². The predicted molar refractivity (Wildman–Crippen MR) is 73.4 cm³/mol. The molecule has 1 aromatic carbocycles. The molecule has 1 aromatic rings. The molecule has 0 fully saturated rings. The molecule has 2 N–H and O–H groups in total. The molecule has 4 heteroatoms. The Hall–Kier alpha value is -1.05. The summed E-state index contributed by atoms with van der Waals surface area (Å²) in [5.41, 5.74) is 0.923. The van der Waals surface area contributed by atoms with E-state index in [2.05, 4.69) is 11.2 Å². The molecule has 98 valence electrons. The van der Waals surface area contributed by atoms with Gasteiger partial charge in [-0.25, -0.2) is 0 Å². The van der Waals surface area contributed by atoms with Crippen LogP contribution < -0.4 is 5.32 Å². The summed E-state index contributed by atoms with van der Waals surface area (Å²) in [5, 5.41) is 13.4. The molecule has 0 aromatic heterocycles. The summed E-state index contributed by atoms with van der Waals surface area (Å²) in [7, 11) is 0. The van der Waals surface area contributed by atoms with Crippen molar-refractivity contribution in [1.82, 2.24) is 5.32 Å². The number of aliphatic hydroxyl groups excluding tert-OH is 1. The standard InChI is InChI=1S/C14H18ClNO2/c1-2-3-8-16-9-13(17)11-18-10-12-6-4-5-7-14(12)15/h1,4-7,13,16-17H,3,8-11H2. The van der Waals surface area contributed by atoms with E-state index in [-0.39, 0.29) is 6.61 Å². The normalized spacial score (nSPS) is 12.1. The van der Waals surface area contributed by atoms with Crippen molar-refractivity contribution in [3.8, 4) is 12.3 Å². The van der Waals surface area contributed by atoms with Crippen LogP contribution in [0.15, 0.2) is 24.3 Å². The van der Waals surface area contributed by atoms with Gasteiger partial charge in [-0.15, -0.1) is 12.3 Å². The van der Waals surface area contributed by atoms with Gasteiger partial charge in [0.2, 0.25) is 0 Å². The Morgan fingerprint density at radius 1 is 1.44 bits per heavy atom. The number of rotatable bonds is 8. The second-order valence-electron chi connectivity index (χ2n) is 3.92. The smallest absolute Gasteiger partial charge is 0.0897 e. The molecule has 0 aliphatic heterocycles. The van der Waals surface area contributed by atoms with E-state index in [4.69, 9.17) is 22.8 Å². The molecule has 0 aliphatic carbocycles. The van der Waals surface area contributed by atoms with Gasteiger partial charge in [-0.2, -0.15) is 0 Å². The van der Waals surface area contributed by atoms with Crippen LogP contribution in [-0.4, -0.2) is 30.9 Å². The van der Waals surface area contributed by atoms with Gasteiger partial charge in [0.25, 0.3) is 0 Å². The number of benzene rings is 1. The van der Waals surface area contributed by atoms with Gasteiger partial charge < -0.3 is 15.2 Å². The second kappa shape index (κ2) is 8.96. The fourth-order valence-electron chi connectivity index (χ4n) is 1.41. The minimum Gasteiger partial charge on any atom is -0.389 e. The fraction of sp³-hybridized carbons (Fsp3) is 0.429. The third-order valence-corrected chi connectivity index (χ3v) is 2.72. The SMILES string of the molecule is C#CCCNCC(O)COCc1ccccc1Cl. The highest BCUT2D eigenvalue weighted by atomic mass is 35.5. The minimum absolute atomic E-state index is 0.272. The van der Waals surface area contributed by atoms with Gasteiger partial charge in [0.05, 0.1) is 19.3 Å². The molecule has 18 heavy (non-hydrogen) atoms. The van der Waals surface area contributed by atoms with E-state index >= 15 is 0 Å².